The maximum absolute atomic E-state index is 9.02. The van der Waals surface area contributed by atoms with Crippen LogP contribution in [0.25, 0.3) is 35.2 Å². The van der Waals surface area contributed by atoms with Crippen LogP contribution in [0.4, 0.5) is 0 Å². The van der Waals surface area contributed by atoms with Crippen molar-refractivity contribution in [3.63, 3.8) is 0 Å². The molecule has 0 fully saturated rings. The molecule has 5 heteroatoms. The summed E-state index contributed by atoms with van der Waals surface area (Å²) >= 11 is 0. The second kappa shape index (κ2) is 9.98. The van der Waals surface area contributed by atoms with Crippen molar-refractivity contribution < 1.29 is 19.3 Å². The van der Waals surface area contributed by atoms with E-state index in [1.807, 2.05) is 64.4 Å². The van der Waals surface area contributed by atoms with Gasteiger partial charge in [0.1, 0.15) is 13.2 Å². The largest absolute Gasteiger partial charge is 0.390 e. The first-order valence-electron chi connectivity index (χ1n) is 10.4. The van der Waals surface area contributed by atoms with E-state index in [4.69, 9.17) is 10.2 Å². The molecule has 0 amide bonds. The van der Waals surface area contributed by atoms with Crippen molar-refractivity contribution >= 4 is 35.2 Å². The van der Waals surface area contributed by atoms with Gasteiger partial charge >= 0.3 is 0 Å². The summed E-state index contributed by atoms with van der Waals surface area (Å²) in [5, 5.41) is 19.2. The Morgan fingerprint density at radius 2 is 1.23 bits per heavy atom. The molecular weight excluding hydrogens is 386 g/mol. The van der Waals surface area contributed by atoms with Crippen molar-refractivity contribution in [2.24, 2.45) is 0 Å². The number of nitrogens with zero attached hydrogens (tertiary/aromatic N) is 2. The first-order chi connectivity index (χ1) is 15.2. The van der Waals surface area contributed by atoms with E-state index in [0.29, 0.717) is 13.1 Å². The number of rotatable bonds is 8. The third-order valence-corrected chi connectivity index (χ3v) is 5.21. The van der Waals surface area contributed by atoms with E-state index in [9.17, 15) is 0 Å². The normalized spacial score (nSPS) is 11.8. The molecule has 0 spiro atoms. The molecule has 156 valence electrons. The number of benzene rings is 1. The number of aromatic nitrogens is 3. The number of hydrogen-bond donors (Lipinski definition) is 3. The monoisotopic (exact) mass is 413 g/mol. The Morgan fingerprint density at radius 3 is 1.81 bits per heavy atom. The zero-order valence-corrected chi connectivity index (χ0v) is 17.4. The van der Waals surface area contributed by atoms with Gasteiger partial charge in [0.05, 0.1) is 0 Å². The van der Waals surface area contributed by atoms with Crippen molar-refractivity contribution in [2.45, 2.75) is 13.1 Å². The molecule has 0 aliphatic carbocycles. The van der Waals surface area contributed by atoms with Gasteiger partial charge in [0.25, 0.3) is 0 Å². The topological polar surface area (TPSA) is 64.0 Å². The minimum atomic E-state index is 0.139. The van der Waals surface area contributed by atoms with Gasteiger partial charge in [-0.05, 0) is 34.4 Å². The molecule has 3 N–H and O–H groups in total. The summed E-state index contributed by atoms with van der Waals surface area (Å²) in [6.07, 6.45) is 18.4. The van der Waals surface area contributed by atoms with E-state index in [2.05, 4.69) is 47.5 Å². The average Bonchev–Trinajstić information content (AvgIpc) is 3.21. The molecule has 0 unspecified atom stereocenters. The van der Waals surface area contributed by atoms with Gasteiger partial charge in [-0.1, -0.05) is 30.4 Å². The molecule has 0 atom stereocenters. The molecule has 4 aromatic rings. The molecule has 3 aromatic heterocycles. The lowest BCUT2D eigenvalue weighted by Gasteiger charge is -1.98. The van der Waals surface area contributed by atoms with Crippen molar-refractivity contribution in [2.75, 3.05) is 13.2 Å². The first kappa shape index (κ1) is 20.7. The highest BCUT2D eigenvalue weighted by atomic mass is 16.3. The fraction of sp³-hybridized carbons (Fsp3) is 0.154. The van der Waals surface area contributed by atoms with E-state index < -0.39 is 0 Å². The highest BCUT2D eigenvalue weighted by Crippen LogP contribution is 2.23. The fourth-order valence-electron chi connectivity index (χ4n) is 3.47. The molecule has 0 saturated carbocycles. The van der Waals surface area contributed by atoms with E-state index in [-0.39, 0.29) is 13.2 Å². The van der Waals surface area contributed by atoms with Gasteiger partial charge in [-0.3, -0.25) is 0 Å². The standard InChI is InChI=1S/C26H26N3O2/c30-17-15-28-11-7-21(8-12-28)1-2-23-4-6-26-25(19-23)24(20-27-26)5-3-22-9-13-29(14-10-22)16-18-31/h1-14,19-20,30-31H,15-18H2/q+1/p+1. The quantitative estimate of drug-likeness (QED) is 0.389. The number of aromatic amines is 1. The number of hydrogen-bond acceptors (Lipinski definition) is 2. The maximum Gasteiger partial charge on any atom is 0.171 e. The van der Waals surface area contributed by atoms with E-state index in [1.54, 1.807) is 0 Å². The number of aliphatic hydroxyl groups excluding tert-OH is 2. The van der Waals surface area contributed by atoms with E-state index in [1.165, 1.54) is 5.39 Å². The molecule has 31 heavy (non-hydrogen) atoms. The summed E-state index contributed by atoms with van der Waals surface area (Å²) in [5.74, 6) is 0. The number of H-pyrrole nitrogens is 1. The highest BCUT2D eigenvalue weighted by molar-refractivity contribution is 5.93. The predicted molar refractivity (Wildman–Crippen MR) is 124 cm³/mol. The third kappa shape index (κ3) is 5.34. The van der Waals surface area contributed by atoms with Crippen LogP contribution >= 0.6 is 0 Å². The second-order valence-corrected chi connectivity index (χ2v) is 7.40. The van der Waals surface area contributed by atoms with Crippen LogP contribution in [0.5, 0.6) is 0 Å². The van der Waals surface area contributed by atoms with Crippen LogP contribution < -0.4 is 9.13 Å². The molecule has 5 nitrogen and oxygen atoms in total. The van der Waals surface area contributed by atoms with Crippen molar-refractivity contribution in [1.82, 2.24) is 4.98 Å². The minimum Gasteiger partial charge on any atom is -0.390 e. The van der Waals surface area contributed by atoms with Crippen LogP contribution in [-0.2, 0) is 13.1 Å². The summed E-state index contributed by atoms with van der Waals surface area (Å²) < 4.78 is 3.92. The van der Waals surface area contributed by atoms with E-state index >= 15 is 0 Å². The fourth-order valence-corrected chi connectivity index (χ4v) is 3.47. The lowest BCUT2D eigenvalue weighted by atomic mass is 10.1. The van der Waals surface area contributed by atoms with Gasteiger partial charge < -0.3 is 15.2 Å². The zero-order valence-electron chi connectivity index (χ0n) is 17.4. The van der Waals surface area contributed by atoms with Crippen LogP contribution in [0.2, 0.25) is 0 Å². The Morgan fingerprint density at radius 1 is 0.677 bits per heavy atom. The van der Waals surface area contributed by atoms with Gasteiger partial charge in [0, 0.05) is 41.4 Å². The molecular formula is C26H27N3O2+2. The number of fused-ring (bicyclic) bond motifs is 1. The van der Waals surface area contributed by atoms with Gasteiger partial charge in [-0.2, -0.15) is 0 Å². The molecule has 0 aliphatic heterocycles. The van der Waals surface area contributed by atoms with Gasteiger partial charge in [-0.25, -0.2) is 9.13 Å². The third-order valence-electron chi connectivity index (χ3n) is 5.21. The summed E-state index contributed by atoms with van der Waals surface area (Å²) in [6, 6.07) is 14.6. The average molecular weight is 414 g/mol. The Kier molecular flexibility index (Phi) is 6.67. The minimum absolute atomic E-state index is 0.139. The number of pyridine rings is 2. The van der Waals surface area contributed by atoms with Crippen LogP contribution in [0.15, 0.2) is 73.4 Å². The molecule has 0 saturated heterocycles. The lowest BCUT2D eigenvalue weighted by molar-refractivity contribution is -0.698. The van der Waals surface area contributed by atoms with Crippen molar-refractivity contribution in [1.29, 1.82) is 0 Å². The van der Waals surface area contributed by atoms with Gasteiger partial charge in [-0.15, -0.1) is 0 Å². The summed E-state index contributed by atoms with van der Waals surface area (Å²) in [5.41, 5.74) is 5.61. The van der Waals surface area contributed by atoms with Crippen LogP contribution in [0.1, 0.15) is 22.3 Å². The number of aliphatic hydroxyl groups is 2. The first-order valence-corrected chi connectivity index (χ1v) is 10.4. The summed E-state index contributed by atoms with van der Waals surface area (Å²) in [4.78, 5) is 3.34. The smallest absolute Gasteiger partial charge is 0.171 e. The Bertz CT molecular complexity index is 1190. The Labute approximate surface area is 181 Å². The Hall–Kier alpha value is -3.54. The van der Waals surface area contributed by atoms with E-state index in [0.717, 1.165) is 27.8 Å². The predicted octanol–water partition coefficient (Wildman–Crippen LogP) is 3.07. The molecule has 1 aromatic carbocycles. The maximum atomic E-state index is 9.02. The number of nitrogens with one attached hydrogen (secondary N) is 1. The van der Waals surface area contributed by atoms with Gasteiger partial charge in [0.2, 0.25) is 0 Å². The molecule has 3 heterocycles. The highest BCUT2D eigenvalue weighted by Gasteiger charge is 2.03. The lowest BCUT2D eigenvalue weighted by Crippen LogP contribution is -2.34. The molecule has 0 radical (unpaired) electrons. The van der Waals surface area contributed by atoms with Crippen LogP contribution in [0, 0.1) is 0 Å². The molecule has 0 aliphatic rings. The van der Waals surface area contributed by atoms with Crippen LogP contribution in [-0.4, -0.2) is 28.4 Å². The molecule has 0 bridgehead atoms. The summed E-state index contributed by atoms with van der Waals surface area (Å²) in [6.45, 7) is 1.49. The van der Waals surface area contributed by atoms with Gasteiger partial charge in [0.15, 0.2) is 37.9 Å². The van der Waals surface area contributed by atoms with Crippen molar-refractivity contribution in [3.8, 4) is 0 Å². The molecule has 4 rings (SSSR count). The van der Waals surface area contributed by atoms with Crippen LogP contribution in [0.3, 0.4) is 0 Å². The SMILES string of the molecule is OCC[n+]1ccc(C=Cc2ccc3[nH]cc(C=Cc4cc[n+](CCO)cc4)c3c2)cc1. The second-order valence-electron chi connectivity index (χ2n) is 7.40. The van der Waals surface area contributed by atoms with Crippen molar-refractivity contribution in [3.05, 3.63) is 95.7 Å². The zero-order chi connectivity index (χ0) is 21.5. The Balaban J connectivity index is 1.51. The summed E-state index contributed by atoms with van der Waals surface area (Å²) in [7, 11) is 0.